The summed E-state index contributed by atoms with van der Waals surface area (Å²) >= 11 is 3.39. The molecule has 0 radical (unpaired) electrons. The van der Waals surface area contributed by atoms with E-state index in [9.17, 15) is 4.79 Å². The van der Waals surface area contributed by atoms with Gasteiger partial charge in [-0.3, -0.25) is 9.69 Å². The Morgan fingerprint density at radius 2 is 2.14 bits per heavy atom. The number of likely N-dealkylation sites (N-methyl/N-ethyl adjacent to an activating group) is 1. The van der Waals surface area contributed by atoms with Gasteiger partial charge in [-0.25, -0.2) is 0 Å². The summed E-state index contributed by atoms with van der Waals surface area (Å²) in [5.74, 6) is 1.71. The van der Waals surface area contributed by atoms with Crippen LogP contribution in [0.5, 0.6) is 5.75 Å². The summed E-state index contributed by atoms with van der Waals surface area (Å²) in [7, 11) is 1.84. The summed E-state index contributed by atoms with van der Waals surface area (Å²) in [6.07, 6.45) is 1.20. The summed E-state index contributed by atoms with van der Waals surface area (Å²) in [6, 6.07) is 7.71. The van der Waals surface area contributed by atoms with Crippen LogP contribution >= 0.6 is 15.9 Å². The highest BCUT2D eigenvalue weighted by Crippen LogP contribution is 2.16. The summed E-state index contributed by atoms with van der Waals surface area (Å²) in [5, 5.41) is 0. The number of ether oxygens (including phenoxy) is 1. The van der Waals surface area contributed by atoms with Crippen molar-refractivity contribution in [3.63, 3.8) is 0 Å². The van der Waals surface area contributed by atoms with Crippen molar-refractivity contribution in [3.8, 4) is 5.75 Å². The van der Waals surface area contributed by atoms with E-state index in [1.807, 2.05) is 31.3 Å². The van der Waals surface area contributed by atoms with Crippen LogP contribution in [0, 0.1) is 5.92 Å². The van der Waals surface area contributed by atoms with Crippen molar-refractivity contribution in [1.29, 1.82) is 0 Å². The maximum absolute atomic E-state index is 12.1. The molecule has 1 fully saturated rings. The maximum Gasteiger partial charge on any atom is 0.236 e. The predicted octanol–water partition coefficient (Wildman–Crippen LogP) is 2.63. The molecule has 0 aliphatic carbocycles. The molecular formula is C16H23BrN2O2. The van der Waals surface area contributed by atoms with Gasteiger partial charge in [-0.15, -0.1) is 0 Å². The Bertz CT molecular complexity index is 464. The molecule has 0 bridgehead atoms. The maximum atomic E-state index is 12.1. The third-order valence-corrected chi connectivity index (χ3v) is 4.33. The third kappa shape index (κ3) is 5.32. The lowest BCUT2D eigenvalue weighted by molar-refractivity contribution is -0.131. The zero-order chi connectivity index (χ0) is 15.2. The van der Waals surface area contributed by atoms with Crippen molar-refractivity contribution in [2.75, 3.05) is 39.8 Å². The van der Waals surface area contributed by atoms with Gasteiger partial charge in [-0.2, -0.15) is 0 Å². The van der Waals surface area contributed by atoms with Crippen LogP contribution < -0.4 is 4.74 Å². The Morgan fingerprint density at radius 1 is 1.43 bits per heavy atom. The molecule has 1 aromatic rings. The smallest absolute Gasteiger partial charge is 0.236 e. The van der Waals surface area contributed by atoms with Crippen LogP contribution in [0.15, 0.2) is 28.7 Å². The van der Waals surface area contributed by atoms with Crippen LogP contribution in [-0.4, -0.2) is 55.5 Å². The minimum atomic E-state index is 0.170. The minimum absolute atomic E-state index is 0.170. The van der Waals surface area contributed by atoms with Crippen molar-refractivity contribution < 1.29 is 9.53 Å². The van der Waals surface area contributed by atoms with Crippen LogP contribution in [0.1, 0.15) is 13.3 Å². The van der Waals surface area contributed by atoms with Crippen molar-refractivity contribution in [1.82, 2.24) is 9.80 Å². The van der Waals surface area contributed by atoms with Crippen molar-refractivity contribution >= 4 is 21.8 Å². The molecule has 5 heteroatoms. The molecule has 0 spiro atoms. The van der Waals surface area contributed by atoms with Gasteiger partial charge in [0.1, 0.15) is 12.4 Å². The van der Waals surface area contributed by atoms with Gasteiger partial charge >= 0.3 is 0 Å². The lowest BCUT2D eigenvalue weighted by Gasteiger charge is -2.21. The molecule has 1 heterocycles. The van der Waals surface area contributed by atoms with Gasteiger partial charge in [-0.1, -0.05) is 22.9 Å². The molecule has 1 unspecified atom stereocenters. The SMILES string of the molecule is CC1CCN(CC(=O)N(C)CCOc2ccc(Br)cc2)C1. The molecule has 21 heavy (non-hydrogen) atoms. The first-order valence-corrected chi connectivity index (χ1v) is 8.18. The van der Waals surface area contributed by atoms with Gasteiger partial charge in [0.15, 0.2) is 0 Å². The van der Waals surface area contributed by atoms with Crippen molar-refractivity contribution in [2.24, 2.45) is 5.92 Å². The van der Waals surface area contributed by atoms with Crippen LogP contribution in [0.25, 0.3) is 0 Å². The molecular weight excluding hydrogens is 332 g/mol. The predicted molar refractivity (Wildman–Crippen MR) is 87.5 cm³/mol. The quantitative estimate of drug-likeness (QED) is 0.787. The van der Waals surface area contributed by atoms with E-state index in [1.165, 1.54) is 6.42 Å². The monoisotopic (exact) mass is 354 g/mol. The van der Waals surface area contributed by atoms with Crippen molar-refractivity contribution in [3.05, 3.63) is 28.7 Å². The summed E-state index contributed by atoms with van der Waals surface area (Å²) < 4.78 is 6.67. The van der Waals surface area contributed by atoms with E-state index in [4.69, 9.17) is 4.74 Å². The average Bonchev–Trinajstić information content (AvgIpc) is 2.86. The van der Waals surface area contributed by atoms with E-state index in [2.05, 4.69) is 27.8 Å². The summed E-state index contributed by atoms with van der Waals surface area (Å²) in [4.78, 5) is 16.1. The van der Waals surface area contributed by atoms with Crippen LogP contribution in [-0.2, 0) is 4.79 Å². The second-order valence-corrected chi connectivity index (χ2v) is 6.66. The summed E-state index contributed by atoms with van der Waals surface area (Å²) in [5.41, 5.74) is 0. The second-order valence-electron chi connectivity index (χ2n) is 5.75. The lowest BCUT2D eigenvalue weighted by atomic mass is 10.2. The van der Waals surface area contributed by atoms with Gasteiger partial charge < -0.3 is 9.64 Å². The first kappa shape index (κ1) is 16.3. The van der Waals surface area contributed by atoms with Crippen molar-refractivity contribution in [2.45, 2.75) is 13.3 Å². The first-order valence-electron chi connectivity index (χ1n) is 7.39. The Morgan fingerprint density at radius 3 is 2.76 bits per heavy atom. The molecule has 0 N–H and O–H groups in total. The number of hydrogen-bond acceptors (Lipinski definition) is 3. The van der Waals surface area contributed by atoms with E-state index in [1.54, 1.807) is 4.90 Å². The minimum Gasteiger partial charge on any atom is -0.492 e. The van der Waals surface area contributed by atoms with Gasteiger partial charge in [0.05, 0.1) is 13.1 Å². The largest absolute Gasteiger partial charge is 0.492 e. The fourth-order valence-corrected chi connectivity index (χ4v) is 2.70. The third-order valence-electron chi connectivity index (χ3n) is 3.80. The molecule has 1 aliphatic rings. The van der Waals surface area contributed by atoms with E-state index in [0.717, 1.165) is 23.3 Å². The molecule has 0 aromatic heterocycles. The number of hydrogen-bond donors (Lipinski definition) is 0. The second kappa shape index (κ2) is 7.80. The number of halogens is 1. The molecule has 1 aliphatic heterocycles. The molecule has 1 amide bonds. The average molecular weight is 355 g/mol. The molecule has 0 saturated carbocycles. The first-order chi connectivity index (χ1) is 10.0. The van der Waals surface area contributed by atoms with Gasteiger partial charge in [0, 0.05) is 18.1 Å². The Labute approximate surface area is 135 Å². The Kier molecular flexibility index (Phi) is 6.06. The van der Waals surface area contributed by atoms with Crippen LogP contribution in [0.2, 0.25) is 0 Å². The zero-order valence-electron chi connectivity index (χ0n) is 12.7. The number of carbonyl (C=O) groups is 1. The van der Waals surface area contributed by atoms with Gasteiger partial charge in [-0.05, 0) is 43.1 Å². The van der Waals surface area contributed by atoms with E-state index >= 15 is 0 Å². The topological polar surface area (TPSA) is 32.8 Å². The van der Waals surface area contributed by atoms with E-state index < -0.39 is 0 Å². The highest BCUT2D eigenvalue weighted by atomic mass is 79.9. The number of likely N-dealkylation sites (tertiary alicyclic amines) is 1. The number of amides is 1. The number of nitrogens with zero attached hydrogens (tertiary/aromatic N) is 2. The normalized spacial score (nSPS) is 18.7. The van der Waals surface area contributed by atoms with E-state index in [0.29, 0.717) is 25.6 Å². The highest BCUT2D eigenvalue weighted by Gasteiger charge is 2.21. The molecule has 1 saturated heterocycles. The lowest BCUT2D eigenvalue weighted by Crippen LogP contribution is -2.39. The highest BCUT2D eigenvalue weighted by molar-refractivity contribution is 9.10. The number of rotatable bonds is 6. The van der Waals surface area contributed by atoms with E-state index in [-0.39, 0.29) is 5.91 Å². The Hall–Kier alpha value is -1.07. The Balaban J connectivity index is 1.67. The van der Waals surface area contributed by atoms with Crippen LogP contribution in [0.3, 0.4) is 0 Å². The molecule has 1 aromatic carbocycles. The summed E-state index contributed by atoms with van der Waals surface area (Å²) in [6.45, 7) is 5.96. The molecule has 1 atom stereocenters. The molecule has 2 rings (SSSR count). The zero-order valence-corrected chi connectivity index (χ0v) is 14.3. The van der Waals surface area contributed by atoms with Gasteiger partial charge in [0.2, 0.25) is 5.91 Å². The fourth-order valence-electron chi connectivity index (χ4n) is 2.44. The number of benzene rings is 1. The van der Waals surface area contributed by atoms with Gasteiger partial charge in [0.25, 0.3) is 0 Å². The van der Waals surface area contributed by atoms with Crippen LogP contribution in [0.4, 0.5) is 0 Å². The molecule has 4 nitrogen and oxygen atoms in total. The standard InChI is InChI=1S/C16H23BrN2O2/c1-13-7-8-19(11-13)12-16(20)18(2)9-10-21-15-5-3-14(17)4-6-15/h3-6,13H,7-12H2,1-2H3. The molecule has 116 valence electrons. The fraction of sp³-hybridized carbons (Fsp3) is 0.562. The number of carbonyl (C=O) groups excluding carboxylic acids is 1.